The Morgan fingerprint density at radius 3 is 1.73 bits per heavy atom. The summed E-state index contributed by atoms with van der Waals surface area (Å²) in [6.07, 6.45) is 2.05. The first-order valence-corrected chi connectivity index (χ1v) is 4.56. The highest BCUT2D eigenvalue weighted by Gasteiger charge is 2.12. The fourth-order valence-electron chi connectivity index (χ4n) is 0.983. The van der Waals surface area contributed by atoms with Crippen LogP contribution in [-0.4, -0.2) is 25.3 Å². The molecule has 1 heterocycles. The van der Waals surface area contributed by atoms with Gasteiger partial charge in [-0.1, -0.05) is 20.3 Å². The summed E-state index contributed by atoms with van der Waals surface area (Å²) in [5.41, 5.74) is 0. The molecule has 2 atom stereocenters. The van der Waals surface area contributed by atoms with Crippen LogP contribution in [0.2, 0.25) is 0 Å². The lowest BCUT2D eigenvalue weighted by Crippen LogP contribution is -2.41. The molecule has 1 aliphatic rings. The molecule has 2 unspecified atom stereocenters. The highest BCUT2D eigenvalue weighted by molar-refractivity contribution is 4.66. The van der Waals surface area contributed by atoms with Gasteiger partial charge in [-0.2, -0.15) is 0 Å². The number of nitrogens with one attached hydrogen (secondary N) is 1. The van der Waals surface area contributed by atoms with Gasteiger partial charge < -0.3 is 10.1 Å². The van der Waals surface area contributed by atoms with Crippen molar-refractivity contribution in [2.45, 2.75) is 46.3 Å². The van der Waals surface area contributed by atoms with Crippen LogP contribution in [0.1, 0.15) is 34.1 Å². The van der Waals surface area contributed by atoms with Gasteiger partial charge in [0.05, 0.1) is 12.2 Å². The summed E-state index contributed by atoms with van der Waals surface area (Å²) < 4.78 is 5.42. The quantitative estimate of drug-likeness (QED) is 0.582. The molecule has 1 saturated heterocycles. The van der Waals surface area contributed by atoms with Crippen LogP contribution >= 0.6 is 0 Å². The Balaban J connectivity index is 0.000000292. The predicted molar refractivity (Wildman–Crippen MR) is 48.8 cm³/mol. The maximum Gasteiger partial charge on any atom is 0.0675 e. The molecule has 1 aliphatic heterocycles. The van der Waals surface area contributed by atoms with Crippen molar-refractivity contribution in [1.29, 1.82) is 0 Å². The molecule has 1 rings (SSSR count). The van der Waals surface area contributed by atoms with Gasteiger partial charge in [0.15, 0.2) is 0 Å². The Bertz CT molecular complexity index is 77.6. The summed E-state index contributed by atoms with van der Waals surface area (Å²) in [7, 11) is 0. The summed E-state index contributed by atoms with van der Waals surface area (Å²) in [5, 5.41) is 3.26. The Labute approximate surface area is 70.3 Å². The monoisotopic (exact) mass is 159 g/mol. The lowest BCUT2D eigenvalue weighted by molar-refractivity contribution is -0.0166. The normalized spacial score (nSPS) is 30.5. The maximum atomic E-state index is 5.42. The van der Waals surface area contributed by atoms with Crippen LogP contribution in [-0.2, 0) is 4.74 Å². The molecule has 0 aromatic heterocycles. The number of hydrogen-bond acceptors (Lipinski definition) is 2. The van der Waals surface area contributed by atoms with Gasteiger partial charge >= 0.3 is 0 Å². The van der Waals surface area contributed by atoms with Crippen molar-refractivity contribution in [3.8, 4) is 0 Å². The van der Waals surface area contributed by atoms with E-state index in [2.05, 4.69) is 33.0 Å². The van der Waals surface area contributed by atoms with Crippen LogP contribution < -0.4 is 5.32 Å². The highest BCUT2D eigenvalue weighted by Crippen LogP contribution is 2.00. The molecule has 2 heteroatoms. The Hall–Kier alpha value is -0.0800. The number of hydrogen-bond donors (Lipinski definition) is 1. The van der Waals surface area contributed by atoms with Crippen molar-refractivity contribution < 1.29 is 4.74 Å². The van der Waals surface area contributed by atoms with E-state index in [1.54, 1.807) is 0 Å². The van der Waals surface area contributed by atoms with E-state index in [1.165, 1.54) is 6.42 Å². The largest absolute Gasteiger partial charge is 0.373 e. The molecule has 0 aromatic rings. The van der Waals surface area contributed by atoms with E-state index in [9.17, 15) is 0 Å². The van der Waals surface area contributed by atoms with Crippen LogP contribution in [0.4, 0.5) is 0 Å². The van der Waals surface area contributed by atoms with E-state index in [4.69, 9.17) is 4.74 Å². The Morgan fingerprint density at radius 2 is 1.55 bits per heavy atom. The van der Waals surface area contributed by atoms with Gasteiger partial charge in [-0.15, -0.1) is 0 Å². The summed E-state index contributed by atoms with van der Waals surface area (Å²) in [5.74, 6) is 0. The van der Waals surface area contributed by atoms with Crippen LogP contribution in [0.15, 0.2) is 0 Å². The zero-order valence-electron chi connectivity index (χ0n) is 8.18. The summed E-state index contributed by atoms with van der Waals surface area (Å²) in [6.45, 7) is 10.4. The molecule has 0 saturated carbocycles. The van der Waals surface area contributed by atoms with Crippen molar-refractivity contribution in [2.75, 3.05) is 13.1 Å². The van der Waals surface area contributed by atoms with E-state index in [0.29, 0.717) is 12.2 Å². The first kappa shape index (κ1) is 10.9. The molecule has 2 nitrogen and oxygen atoms in total. The molecule has 0 radical (unpaired) electrons. The number of ether oxygens (including phenoxy) is 1. The smallest absolute Gasteiger partial charge is 0.0675 e. The summed E-state index contributed by atoms with van der Waals surface area (Å²) in [6, 6.07) is 0. The zero-order valence-corrected chi connectivity index (χ0v) is 8.18. The van der Waals surface area contributed by atoms with E-state index >= 15 is 0 Å². The van der Waals surface area contributed by atoms with Gasteiger partial charge in [0, 0.05) is 13.1 Å². The molecule has 0 amide bonds. The van der Waals surface area contributed by atoms with Crippen molar-refractivity contribution >= 4 is 0 Å². The second kappa shape index (κ2) is 6.62. The lowest BCUT2D eigenvalue weighted by atomic mass is 10.3. The average molecular weight is 159 g/mol. The fourth-order valence-corrected chi connectivity index (χ4v) is 0.983. The van der Waals surface area contributed by atoms with E-state index in [1.807, 2.05) is 0 Å². The molecule has 0 aromatic carbocycles. The van der Waals surface area contributed by atoms with Crippen molar-refractivity contribution in [1.82, 2.24) is 5.32 Å². The second-order valence-corrected chi connectivity index (χ2v) is 3.12. The molecule has 0 spiro atoms. The fraction of sp³-hybridized carbons (Fsp3) is 1.00. The molecule has 68 valence electrons. The first-order chi connectivity index (χ1) is 5.20. The summed E-state index contributed by atoms with van der Waals surface area (Å²) in [4.78, 5) is 0. The van der Waals surface area contributed by atoms with Crippen LogP contribution in [0.3, 0.4) is 0 Å². The second-order valence-electron chi connectivity index (χ2n) is 3.12. The van der Waals surface area contributed by atoms with Gasteiger partial charge in [0.1, 0.15) is 0 Å². The van der Waals surface area contributed by atoms with Gasteiger partial charge in [-0.05, 0) is 13.8 Å². The van der Waals surface area contributed by atoms with Crippen molar-refractivity contribution in [3.63, 3.8) is 0 Å². The molecule has 1 fully saturated rings. The topological polar surface area (TPSA) is 21.3 Å². The van der Waals surface area contributed by atoms with Crippen LogP contribution in [0.5, 0.6) is 0 Å². The number of morpholine rings is 1. The van der Waals surface area contributed by atoms with Gasteiger partial charge in [-0.3, -0.25) is 0 Å². The van der Waals surface area contributed by atoms with Gasteiger partial charge in [-0.25, -0.2) is 0 Å². The SMILES string of the molecule is CC1CNCC(C)O1.CCC. The third-order valence-electron chi connectivity index (χ3n) is 1.33. The maximum absolute atomic E-state index is 5.42. The highest BCUT2D eigenvalue weighted by atomic mass is 16.5. The predicted octanol–water partition coefficient (Wildman–Crippen LogP) is 1.80. The van der Waals surface area contributed by atoms with Crippen molar-refractivity contribution in [2.24, 2.45) is 0 Å². The van der Waals surface area contributed by atoms with E-state index in [-0.39, 0.29) is 0 Å². The summed E-state index contributed by atoms with van der Waals surface area (Å²) >= 11 is 0. The number of rotatable bonds is 0. The minimum Gasteiger partial charge on any atom is -0.373 e. The van der Waals surface area contributed by atoms with Gasteiger partial charge in [0.25, 0.3) is 0 Å². The minimum absolute atomic E-state index is 0.402. The molecular formula is C9H21NO. The molecular weight excluding hydrogens is 138 g/mol. The molecule has 1 N–H and O–H groups in total. The lowest BCUT2D eigenvalue weighted by Gasteiger charge is -2.25. The third-order valence-corrected chi connectivity index (χ3v) is 1.33. The average Bonchev–Trinajstić information content (AvgIpc) is 1.88. The molecule has 11 heavy (non-hydrogen) atoms. The first-order valence-electron chi connectivity index (χ1n) is 4.56. The molecule has 0 aliphatic carbocycles. The van der Waals surface area contributed by atoms with Crippen LogP contribution in [0, 0.1) is 0 Å². The third kappa shape index (κ3) is 6.32. The van der Waals surface area contributed by atoms with E-state index in [0.717, 1.165) is 13.1 Å². The van der Waals surface area contributed by atoms with E-state index < -0.39 is 0 Å². The standard InChI is InChI=1S/C6H13NO.C3H8/c1-5-3-7-4-6(2)8-5;1-3-2/h5-7H,3-4H2,1-2H3;3H2,1-2H3. The minimum atomic E-state index is 0.402. The zero-order chi connectivity index (χ0) is 8.69. The van der Waals surface area contributed by atoms with Crippen LogP contribution in [0.25, 0.3) is 0 Å². The Kier molecular flexibility index (Phi) is 6.57. The van der Waals surface area contributed by atoms with Gasteiger partial charge in [0.2, 0.25) is 0 Å². The molecule has 0 bridgehead atoms. The Morgan fingerprint density at radius 1 is 1.18 bits per heavy atom. The van der Waals surface area contributed by atoms with Crippen molar-refractivity contribution in [3.05, 3.63) is 0 Å².